The average Bonchev–Trinajstić information content (AvgIpc) is 3.24. The number of nitrogens with zero attached hydrogens (tertiary/aromatic N) is 4. The van der Waals surface area contributed by atoms with Crippen LogP contribution in [0.3, 0.4) is 0 Å². The molecule has 0 bridgehead atoms. The van der Waals surface area contributed by atoms with Crippen LogP contribution in [0, 0.1) is 5.82 Å². The molecule has 0 aliphatic heterocycles. The van der Waals surface area contributed by atoms with Crippen LogP contribution in [0.1, 0.15) is 48.7 Å². The van der Waals surface area contributed by atoms with Crippen LogP contribution in [0.5, 0.6) is 0 Å². The topological polar surface area (TPSA) is 64.7 Å². The van der Waals surface area contributed by atoms with Gasteiger partial charge in [-0.3, -0.25) is 9.97 Å². The summed E-state index contributed by atoms with van der Waals surface area (Å²) in [5.74, 6) is 0.649. The SMILES string of the molecule is CC(c1cnccn1)c1nc(C2(c3ccccc3F)CC2)no1. The fourth-order valence-corrected chi connectivity index (χ4v) is 2.85. The van der Waals surface area contributed by atoms with E-state index in [4.69, 9.17) is 4.52 Å². The van der Waals surface area contributed by atoms with Crippen molar-refractivity contribution in [3.05, 3.63) is 71.6 Å². The summed E-state index contributed by atoms with van der Waals surface area (Å²) in [7, 11) is 0. The molecule has 0 radical (unpaired) electrons. The predicted octanol–water partition coefficient (Wildman–Crippen LogP) is 3.23. The van der Waals surface area contributed by atoms with Crippen molar-refractivity contribution in [2.24, 2.45) is 0 Å². The number of hydrogen-bond donors (Lipinski definition) is 0. The number of hydrogen-bond acceptors (Lipinski definition) is 5. The van der Waals surface area contributed by atoms with Crippen molar-refractivity contribution in [3.63, 3.8) is 0 Å². The molecule has 1 aliphatic carbocycles. The van der Waals surface area contributed by atoms with E-state index >= 15 is 0 Å². The van der Waals surface area contributed by atoms with Crippen molar-refractivity contribution in [1.82, 2.24) is 20.1 Å². The number of rotatable bonds is 4. The summed E-state index contributed by atoms with van der Waals surface area (Å²) >= 11 is 0. The van der Waals surface area contributed by atoms with Gasteiger partial charge in [0.15, 0.2) is 5.82 Å². The van der Waals surface area contributed by atoms with Crippen LogP contribution in [0.15, 0.2) is 47.4 Å². The van der Waals surface area contributed by atoms with Gasteiger partial charge in [0.1, 0.15) is 5.82 Å². The van der Waals surface area contributed by atoms with Crippen LogP contribution >= 0.6 is 0 Å². The van der Waals surface area contributed by atoms with E-state index < -0.39 is 5.41 Å². The Kier molecular flexibility index (Phi) is 3.18. The summed E-state index contributed by atoms with van der Waals surface area (Å²) in [6.45, 7) is 1.93. The molecule has 23 heavy (non-hydrogen) atoms. The van der Waals surface area contributed by atoms with Crippen molar-refractivity contribution in [2.45, 2.75) is 31.1 Å². The Balaban J connectivity index is 1.68. The van der Waals surface area contributed by atoms with Gasteiger partial charge in [0.25, 0.3) is 0 Å². The molecule has 5 nitrogen and oxygen atoms in total. The third-order valence-electron chi connectivity index (χ3n) is 4.41. The van der Waals surface area contributed by atoms with E-state index in [0.717, 1.165) is 18.5 Å². The zero-order chi connectivity index (χ0) is 15.9. The fraction of sp³-hybridized carbons (Fsp3) is 0.294. The molecular weight excluding hydrogens is 295 g/mol. The van der Waals surface area contributed by atoms with Gasteiger partial charge in [-0.1, -0.05) is 23.4 Å². The van der Waals surface area contributed by atoms with E-state index in [1.807, 2.05) is 13.0 Å². The molecule has 0 amide bonds. The minimum Gasteiger partial charge on any atom is -0.339 e. The van der Waals surface area contributed by atoms with Gasteiger partial charge in [-0.15, -0.1) is 0 Å². The van der Waals surface area contributed by atoms with Crippen molar-refractivity contribution >= 4 is 0 Å². The second-order valence-corrected chi connectivity index (χ2v) is 5.87. The lowest BCUT2D eigenvalue weighted by molar-refractivity contribution is 0.361. The Morgan fingerprint density at radius 1 is 1.22 bits per heavy atom. The Labute approximate surface area is 132 Å². The minimum absolute atomic E-state index is 0.152. The molecule has 1 fully saturated rings. The molecular formula is C17H15FN4O. The molecule has 2 aromatic heterocycles. The average molecular weight is 310 g/mol. The molecule has 0 spiro atoms. The summed E-state index contributed by atoms with van der Waals surface area (Å²) < 4.78 is 19.6. The third-order valence-corrected chi connectivity index (χ3v) is 4.41. The highest BCUT2D eigenvalue weighted by atomic mass is 19.1. The zero-order valence-corrected chi connectivity index (χ0v) is 12.6. The van der Waals surface area contributed by atoms with Gasteiger partial charge < -0.3 is 4.52 Å². The highest BCUT2D eigenvalue weighted by Crippen LogP contribution is 2.53. The van der Waals surface area contributed by atoms with Crippen LogP contribution in [0.25, 0.3) is 0 Å². The molecule has 116 valence electrons. The summed E-state index contributed by atoms with van der Waals surface area (Å²) in [5, 5.41) is 4.11. The van der Waals surface area contributed by atoms with Crippen LogP contribution in [0.2, 0.25) is 0 Å². The summed E-state index contributed by atoms with van der Waals surface area (Å²) in [4.78, 5) is 12.8. The molecule has 1 unspecified atom stereocenters. The van der Waals surface area contributed by atoms with Crippen LogP contribution in [0.4, 0.5) is 4.39 Å². The van der Waals surface area contributed by atoms with E-state index in [0.29, 0.717) is 17.3 Å². The molecule has 6 heteroatoms. The lowest BCUT2D eigenvalue weighted by atomic mass is 9.94. The van der Waals surface area contributed by atoms with E-state index in [2.05, 4.69) is 20.1 Å². The molecule has 2 heterocycles. The maximum Gasteiger partial charge on any atom is 0.235 e. The lowest BCUT2D eigenvalue weighted by Crippen LogP contribution is -2.13. The predicted molar refractivity (Wildman–Crippen MR) is 80.3 cm³/mol. The number of benzene rings is 1. The monoisotopic (exact) mass is 310 g/mol. The molecule has 1 atom stereocenters. The zero-order valence-electron chi connectivity index (χ0n) is 12.6. The highest BCUT2D eigenvalue weighted by molar-refractivity contribution is 5.40. The van der Waals surface area contributed by atoms with E-state index in [9.17, 15) is 4.39 Å². The summed E-state index contributed by atoms with van der Waals surface area (Å²) in [6.07, 6.45) is 6.58. The first kappa shape index (κ1) is 14.0. The molecule has 3 aromatic rings. The summed E-state index contributed by atoms with van der Waals surface area (Å²) in [6, 6.07) is 6.79. The normalized spacial score (nSPS) is 17.0. The van der Waals surface area contributed by atoms with E-state index in [-0.39, 0.29) is 11.7 Å². The van der Waals surface area contributed by atoms with Gasteiger partial charge in [-0.2, -0.15) is 4.98 Å². The molecule has 4 rings (SSSR count). The fourth-order valence-electron chi connectivity index (χ4n) is 2.85. The van der Waals surface area contributed by atoms with E-state index in [1.54, 1.807) is 30.7 Å². The van der Waals surface area contributed by atoms with E-state index in [1.165, 1.54) is 6.07 Å². The van der Waals surface area contributed by atoms with Crippen molar-refractivity contribution < 1.29 is 8.91 Å². The second kappa shape index (κ2) is 5.22. The van der Waals surface area contributed by atoms with Gasteiger partial charge in [-0.05, 0) is 25.8 Å². The van der Waals surface area contributed by atoms with Gasteiger partial charge in [0.2, 0.25) is 5.89 Å². The third kappa shape index (κ3) is 2.30. The van der Waals surface area contributed by atoms with Gasteiger partial charge in [-0.25, -0.2) is 4.39 Å². The van der Waals surface area contributed by atoms with Gasteiger partial charge in [0.05, 0.1) is 17.0 Å². The van der Waals surface area contributed by atoms with Gasteiger partial charge >= 0.3 is 0 Å². The maximum atomic E-state index is 14.1. The summed E-state index contributed by atoms with van der Waals surface area (Å²) in [5.41, 5.74) is 0.952. The molecule has 1 aromatic carbocycles. The van der Waals surface area contributed by atoms with Crippen molar-refractivity contribution in [1.29, 1.82) is 0 Å². The number of aromatic nitrogens is 4. The Morgan fingerprint density at radius 3 is 2.74 bits per heavy atom. The van der Waals surface area contributed by atoms with Crippen LogP contribution in [-0.2, 0) is 5.41 Å². The lowest BCUT2D eigenvalue weighted by Gasteiger charge is -2.11. The first-order valence-electron chi connectivity index (χ1n) is 7.56. The van der Waals surface area contributed by atoms with Crippen LogP contribution in [-0.4, -0.2) is 20.1 Å². The second-order valence-electron chi connectivity index (χ2n) is 5.87. The maximum absolute atomic E-state index is 14.1. The van der Waals surface area contributed by atoms with Crippen molar-refractivity contribution in [3.8, 4) is 0 Å². The molecule has 0 N–H and O–H groups in total. The smallest absolute Gasteiger partial charge is 0.235 e. The quantitative estimate of drug-likeness (QED) is 0.740. The Hall–Kier alpha value is -2.63. The molecule has 1 aliphatic rings. The first-order valence-corrected chi connectivity index (χ1v) is 7.56. The first-order chi connectivity index (χ1) is 11.2. The minimum atomic E-state index is -0.449. The Bertz CT molecular complexity index is 829. The van der Waals surface area contributed by atoms with Crippen molar-refractivity contribution in [2.75, 3.05) is 0 Å². The molecule has 0 saturated heterocycles. The Morgan fingerprint density at radius 2 is 2.04 bits per heavy atom. The largest absolute Gasteiger partial charge is 0.339 e. The van der Waals surface area contributed by atoms with Gasteiger partial charge in [0, 0.05) is 24.2 Å². The van der Waals surface area contributed by atoms with Crippen LogP contribution < -0.4 is 0 Å². The molecule has 1 saturated carbocycles. The number of halogens is 1. The standard InChI is InChI=1S/C17H15FN4O/c1-11(14-10-19-8-9-20-14)15-21-16(22-23-15)17(6-7-17)12-4-2-3-5-13(12)18/h2-5,8-11H,6-7H2,1H3. The highest BCUT2D eigenvalue weighted by Gasteiger charge is 2.51.